The molecule has 0 unspecified atom stereocenters. The normalized spacial score (nSPS) is 19.5. The molecule has 5 heteroatoms. The maximum atomic E-state index is 12.5. The van der Waals surface area contributed by atoms with Gasteiger partial charge in [0.1, 0.15) is 5.56 Å². The van der Waals surface area contributed by atoms with E-state index in [-0.39, 0.29) is 16.9 Å². The molecule has 1 saturated heterocycles. The first kappa shape index (κ1) is 15.8. The lowest BCUT2D eigenvalue weighted by molar-refractivity contribution is 0.0738. The molecule has 1 aliphatic rings. The highest BCUT2D eigenvalue weighted by Gasteiger charge is 2.22. The van der Waals surface area contributed by atoms with Crippen molar-refractivity contribution < 1.29 is 4.79 Å². The molecule has 0 radical (unpaired) electrons. The number of piperidine rings is 1. The molecule has 1 aliphatic heterocycles. The predicted octanol–water partition coefficient (Wildman–Crippen LogP) is 1.11. The van der Waals surface area contributed by atoms with Gasteiger partial charge in [-0.05, 0) is 39.3 Å². The van der Waals surface area contributed by atoms with Gasteiger partial charge in [-0.2, -0.15) is 0 Å². The number of pyridine rings is 1. The van der Waals surface area contributed by atoms with E-state index in [0.717, 1.165) is 25.2 Å². The summed E-state index contributed by atoms with van der Waals surface area (Å²) in [4.78, 5) is 28.5. The third kappa shape index (κ3) is 3.73. The number of nitrogens with zero attached hydrogens (tertiary/aromatic N) is 3. The number of carbonyl (C=O) groups is 1. The largest absolute Gasteiger partial charge is 0.354 e. The molecule has 5 nitrogen and oxygen atoms in total. The minimum Gasteiger partial charge on any atom is -0.354 e. The Hall–Kier alpha value is -1.62. The fourth-order valence-corrected chi connectivity index (χ4v) is 2.99. The lowest BCUT2D eigenvalue weighted by Crippen LogP contribution is -2.41. The molecule has 1 amide bonds. The van der Waals surface area contributed by atoms with Crippen LogP contribution >= 0.6 is 0 Å². The lowest BCUT2D eigenvalue weighted by Gasteiger charge is -2.32. The summed E-state index contributed by atoms with van der Waals surface area (Å²) >= 11 is 0. The Bertz CT molecular complexity index is 579. The molecule has 0 N–H and O–H groups in total. The molecule has 2 rings (SSSR count). The topological polar surface area (TPSA) is 45.6 Å². The van der Waals surface area contributed by atoms with Crippen LogP contribution in [0.4, 0.5) is 0 Å². The van der Waals surface area contributed by atoms with E-state index in [0.29, 0.717) is 12.5 Å². The smallest absolute Gasteiger partial charge is 0.259 e. The number of aryl methyl sites for hydroxylation is 2. The zero-order valence-electron chi connectivity index (χ0n) is 13.4. The summed E-state index contributed by atoms with van der Waals surface area (Å²) in [7, 11) is 5.75. The van der Waals surface area contributed by atoms with E-state index in [1.807, 2.05) is 18.5 Å². The average molecular weight is 291 g/mol. The molecule has 0 aromatic carbocycles. The van der Waals surface area contributed by atoms with Crippen LogP contribution in [0.15, 0.2) is 17.1 Å². The van der Waals surface area contributed by atoms with Crippen molar-refractivity contribution in [2.45, 2.75) is 19.8 Å². The highest BCUT2D eigenvalue weighted by Crippen LogP contribution is 2.16. The van der Waals surface area contributed by atoms with Crippen molar-refractivity contribution in [2.75, 3.05) is 33.7 Å². The van der Waals surface area contributed by atoms with Gasteiger partial charge in [0.15, 0.2) is 5.43 Å². The van der Waals surface area contributed by atoms with Crippen LogP contribution in [0, 0.1) is 12.8 Å². The molecule has 1 atom stereocenters. The van der Waals surface area contributed by atoms with E-state index in [9.17, 15) is 9.59 Å². The molecule has 0 bridgehead atoms. The molecular weight excluding hydrogens is 266 g/mol. The Morgan fingerprint density at radius 3 is 2.81 bits per heavy atom. The van der Waals surface area contributed by atoms with Crippen molar-refractivity contribution in [3.8, 4) is 0 Å². The number of amides is 1. The minimum absolute atomic E-state index is 0.177. The van der Waals surface area contributed by atoms with Gasteiger partial charge in [-0.25, -0.2) is 0 Å². The van der Waals surface area contributed by atoms with Crippen LogP contribution in [-0.4, -0.2) is 54.0 Å². The fraction of sp³-hybridized carbons (Fsp3) is 0.625. The van der Waals surface area contributed by atoms with Crippen LogP contribution in [-0.2, 0) is 7.05 Å². The highest BCUT2D eigenvalue weighted by atomic mass is 16.2. The van der Waals surface area contributed by atoms with Gasteiger partial charge in [0.05, 0.1) is 0 Å². The molecule has 2 heterocycles. The second-order valence-corrected chi connectivity index (χ2v) is 6.26. The lowest BCUT2D eigenvalue weighted by atomic mass is 9.98. The van der Waals surface area contributed by atoms with E-state index in [2.05, 4.69) is 11.9 Å². The summed E-state index contributed by atoms with van der Waals surface area (Å²) in [5, 5.41) is 0. The fourth-order valence-electron chi connectivity index (χ4n) is 2.99. The summed E-state index contributed by atoms with van der Waals surface area (Å²) in [5.41, 5.74) is 0.922. The molecular formula is C16H25N3O2. The monoisotopic (exact) mass is 291 g/mol. The number of hydrogen-bond donors (Lipinski definition) is 0. The van der Waals surface area contributed by atoms with E-state index in [1.54, 1.807) is 18.1 Å². The van der Waals surface area contributed by atoms with Gasteiger partial charge in [-0.3, -0.25) is 9.59 Å². The number of carbonyl (C=O) groups excluding carboxylic acids is 1. The van der Waals surface area contributed by atoms with Crippen LogP contribution in [0.1, 0.15) is 28.9 Å². The Morgan fingerprint density at radius 1 is 1.43 bits per heavy atom. The van der Waals surface area contributed by atoms with Gasteiger partial charge in [0, 0.05) is 45.1 Å². The number of rotatable bonds is 3. The highest BCUT2D eigenvalue weighted by molar-refractivity contribution is 5.93. The second kappa shape index (κ2) is 6.43. The first-order valence-corrected chi connectivity index (χ1v) is 7.49. The number of aromatic nitrogens is 1. The van der Waals surface area contributed by atoms with E-state index < -0.39 is 0 Å². The number of hydrogen-bond acceptors (Lipinski definition) is 3. The van der Waals surface area contributed by atoms with Gasteiger partial charge in [-0.1, -0.05) is 0 Å². The van der Waals surface area contributed by atoms with Crippen molar-refractivity contribution in [1.29, 1.82) is 0 Å². The van der Waals surface area contributed by atoms with Gasteiger partial charge in [0.2, 0.25) is 0 Å². The Morgan fingerprint density at radius 2 is 2.14 bits per heavy atom. The summed E-state index contributed by atoms with van der Waals surface area (Å²) in [6.45, 7) is 4.72. The molecule has 1 aromatic rings. The molecule has 0 spiro atoms. The predicted molar refractivity (Wildman–Crippen MR) is 83.6 cm³/mol. The minimum atomic E-state index is -0.191. The Balaban J connectivity index is 2.09. The maximum absolute atomic E-state index is 12.5. The van der Waals surface area contributed by atoms with E-state index >= 15 is 0 Å². The summed E-state index contributed by atoms with van der Waals surface area (Å²) in [6, 6.07) is 1.52. The van der Waals surface area contributed by atoms with Crippen molar-refractivity contribution in [3.63, 3.8) is 0 Å². The van der Waals surface area contributed by atoms with Gasteiger partial charge < -0.3 is 14.4 Å². The third-order valence-corrected chi connectivity index (χ3v) is 4.32. The van der Waals surface area contributed by atoms with Gasteiger partial charge in [-0.15, -0.1) is 0 Å². The van der Waals surface area contributed by atoms with Crippen molar-refractivity contribution >= 4 is 5.91 Å². The van der Waals surface area contributed by atoms with Crippen molar-refractivity contribution in [3.05, 3.63) is 33.7 Å². The van der Waals surface area contributed by atoms with Crippen LogP contribution in [0.25, 0.3) is 0 Å². The average Bonchev–Trinajstić information content (AvgIpc) is 2.42. The third-order valence-electron chi connectivity index (χ3n) is 4.32. The van der Waals surface area contributed by atoms with Crippen LogP contribution < -0.4 is 5.43 Å². The quantitative estimate of drug-likeness (QED) is 0.838. The SMILES string of the molecule is Cc1cc(=O)c(C(=O)N(C)C[C@H]2CCCN(C)C2)cn1C. The van der Waals surface area contributed by atoms with Crippen LogP contribution in [0.2, 0.25) is 0 Å². The molecule has 21 heavy (non-hydrogen) atoms. The van der Waals surface area contributed by atoms with E-state index in [4.69, 9.17) is 0 Å². The van der Waals surface area contributed by atoms with Crippen molar-refractivity contribution in [1.82, 2.24) is 14.4 Å². The van der Waals surface area contributed by atoms with E-state index in [1.165, 1.54) is 12.5 Å². The number of likely N-dealkylation sites (tertiary alicyclic amines) is 1. The van der Waals surface area contributed by atoms with Crippen molar-refractivity contribution in [2.24, 2.45) is 13.0 Å². The Labute approximate surface area is 126 Å². The summed E-state index contributed by atoms with van der Waals surface area (Å²) in [5.74, 6) is 0.316. The molecule has 0 aliphatic carbocycles. The first-order chi connectivity index (χ1) is 9.88. The zero-order valence-corrected chi connectivity index (χ0v) is 13.4. The molecule has 1 fully saturated rings. The second-order valence-electron chi connectivity index (χ2n) is 6.26. The first-order valence-electron chi connectivity index (χ1n) is 7.49. The standard InChI is InChI=1S/C16H25N3O2/c1-12-8-15(20)14(11-18(12)3)16(21)19(4)10-13-6-5-7-17(2)9-13/h8,11,13H,5-7,9-10H2,1-4H3/t13-/m0/s1. The molecule has 0 saturated carbocycles. The van der Waals surface area contributed by atoms with Gasteiger partial charge >= 0.3 is 0 Å². The Kier molecular flexibility index (Phi) is 4.83. The summed E-state index contributed by atoms with van der Waals surface area (Å²) < 4.78 is 1.82. The van der Waals surface area contributed by atoms with Crippen LogP contribution in [0.5, 0.6) is 0 Å². The molecule has 1 aromatic heterocycles. The zero-order chi connectivity index (χ0) is 15.6. The molecule has 116 valence electrons. The van der Waals surface area contributed by atoms with Gasteiger partial charge in [0.25, 0.3) is 5.91 Å². The maximum Gasteiger partial charge on any atom is 0.259 e. The van der Waals surface area contributed by atoms with Crippen LogP contribution in [0.3, 0.4) is 0 Å². The summed E-state index contributed by atoms with van der Waals surface area (Å²) in [6.07, 6.45) is 3.97.